The minimum atomic E-state index is 0.0329. The summed E-state index contributed by atoms with van der Waals surface area (Å²) in [7, 11) is 0. The van der Waals surface area contributed by atoms with E-state index < -0.39 is 0 Å². The number of fused-ring (bicyclic) bond motifs is 1. The zero-order valence-electron chi connectivity index (χ0n) is 11.6. The lowest BCUT2D eigenvalue weighted by Crippen LogP contribution is -2.25. The van der Waals surface area contributed by atoms with Crippen molar-refractivity contribution in [1.82, 2.24) is 0 Å². The smallest absolute Gasteiger partial charge is 0.228 e. The highest BCUT2D eigenvalue weighted by Gasteiger charge is 2.32. The van der Waals surface area contributed by atoms with E-state index in [1.165, 1.54) is 12.8 Å². The van der Waals surface area contributed by atoms with Crippen LogP contribution in [0, 0.1) is 0 Å². The quantitative estimate of drug-likeness (QED) is 0.846. The van der Waals surface area contributed by atoms with Crippen molar-refractivity contribution in [1.29, 1.82) is 0 Å². The van der Waals surface area contributed by atoms with Crippen molar-refractivity contribution < 1.29 is 9.21 Å². The number of carbonyl (C=O) groups is 1. The van der Waals surface area contributed by atoms with Crippen LogP contribution in [-0.2, 0) is 17.8 Å². The average Bonchev–Trinajstić information content (AvgIpc) is 3.03. The molecule has 1 amide bonds. The van der Waals surface area contributed by atoms with Crippen molar-refractivity contribution in [3.8, 4) is 0 Å². The summed E-state index contributed by atoms with van der Waals surface area (Å²) in [4.78, 5) is 13.8. The summed E-state index contributed by atoms with van der Waals surface area (Å²) in [6, 6.07) is 8.29. The first kappa shape index (κ1) is 12.3. The maximum Gasteiger partial charge on any atom is 0.228 e. The Balaban J connectivity index is 1.70. The van der Waals surface area contributed by atoms with E-state index in [1.807, 2.05) is 24.3 Å². The number of furan rings is 1. The Morgan fingerprint density at radius 1 is 1.38 bits per heavy atom. The third-order valence-corrected chi connectivity index (χ3v) is 4.08. The largest absolute Gasteiger partial charge is 0.467 e. The van der Waals surface area contributed by atoms with Gasteiger partial charge in [0.05, 0.1) is 30.6 Å². The number of nitrogens with two attached hydrogens (primary N) is 1. The summed E-state index contributed by atoms with van der Waals surface area (Å²) < 4.78 is 5.46. The summed E-state index contributed by atoms with van der Waals surface area (Å²) >= 11 is 0. The number of amides is 1. The highest BCUT2D eigenvalue weighted by molar-refractivity contribution is 6.01. The van der Waals surface area contributed by atoms with Gasteiger partial charge in [0.15, 0.2) is 0 Å². The fourth-order valence-electron chi connectivity index (χ4n) is 2.90. The van der Waals surface area contributed by atoms with Gasteiger partial charge >= 0.3 is 0 Å². The zero-order valence-corrected chi connectivity index (χ0v) is 11.6. The number of anilines is 3. The molecule has 5 heteroatoms. The lowest BCUT2D eigenvalue weighted by molar-refractivity contribution is -0.115. The van der Waals surface area contributed by atoms with Gasteiger partial charge in [-0.3, -0.25) is 4.79 Å². The van der Waals surface area contributed by atoms with Crippen molar-refractivity contribution in [2.75, 3.05) is 16.0 Å². The highest BCUT2D eigenvalue weighted by atomic mass is 16.3. The number of carbonyl (C=O) groups excluding carboxylic acids is 1. The lowest BCUT2D eigenvalue weighted by atomic mass is 10.1. The second-order valence-corrected chi connectivity index (χ2v) is 5.73. The zero-order chi connectivity index (χ0) is 14.4. The Bertz CT molecular complexity index is 690. The van der Waals surface area contributed by atoms with Gasteiger partial charge in [0.2, 0.25) is 5.91 Å². The summed E-state index contributed by atoms with van der Waals surface area (Å²) in [5, 5.41) is 2.89. The Morgan fingerprint density at radius 2 is 2.24 bits per heavy atom. The molecule has 1 saturated carbocycles. The summed E-state index contributed by atoms with van der Waals surface area (Å²) in [6.07, 6.45) is 4.45. The molecule has 2 aliphatic rings. The normalized spacial score (nSPS) is 16.7. The van der Waals surface area contributed by atoms with Gasteiger partial charge < -0.3 is 20.4 Å². The second kappa shape index (κ2) is 4.55. The molecule has 1 aliphatic heterocycles. The number of benzene rings is 1. The molecule has 4 rings (SSSR count). The van der Waals surface area contributed by atoms with Gasteiger partial charge in [0.25, 0.3) is 0 Å². The fraction of sp³-hybridized carbons (Fsp3) is 0.312. The number of nitrogen functional groups attached to an aromatic ring is 1. The molecule has 3 N–H and O–H groups in total. The molecular formula is C16H17N3O2. The number of rotatable bonds is 4. The number of nitrogens with zero attached hydrogens (tertiary/aromatic N) is 1. The summed E-state index contributed by atoms with van der Waals surface area (Å²) in [5.74, 6) is 0.955. The summed E-state index contributed by atoms with van der Waals surface area (Å²) in [5.41, 5.74) is 9.80. The lowest BCUT2D eigenvalue weighted by Gasteiger charge is -2.26. The van der Waals surface area contributed by atoms with E-state index in [9.17, 15) is 4.79 Å². The predicted octanol–water partition coefficient (Wildman–Crippen LogP) is 2.53. The Labute approximate surface area is 122 Å². The van der Waals surface area contributed by atoms with Crippen LogP contribution in [0.3, 0.4) is 0 Å². The van der Waals surface area contributed by atoms with Gasteiger partial charge in [-0.05, 0) is 42.7 Å². The SMILES string of the molecule is Nc1cc2c(cc1N(Cc1ccco1)C1CC1)NC(=O)C2. The van der Waals surface area contributed by atoms with E-state index in [0.29, 0.717) is 19.0 Å². The molecule has 0 radical (unpaired) electrons. The topological polar surface area (TPSA) is 71.5 Å². The Hall–Kier alpha value is -2.43. The van der Waals surface area contributed by atoms with Crippen LogP contribution in [0.15, 0.2) is 34.9 Å². The number of hydrogen-bond donors (Lipinski definition) is 2. The minimum absolute atomic E-state index is 0.0329. The molecule has 2 heterocycles. The van der Waals surface area contributed by atoms with Crippen LogP contribution in [0.1, 0.15) is 24.2 Å². The first-order chi connectivity index (χ1) is 10.2. The van der Waals surface area contributed by atoms with Crippen molar-refractivity contribution in [3.63, 3.8) is 0 Å². The molecule has 1 aromatic carbocycles. The third-order valence-electron chi connectivity index (χ3n) is 4.08. The van der Waals surface area contributed by atoms with E-state index >= 15 is 0 Å². The molecule has 1 aromatic heterocycles. The van der Waals surface area contributed by atoms with Gasteiger partial charge in [-0.2, -0.15) is 0 Å². The van der Waals surface area contributed by atoms with Crippen LogP contribution in [-0.4, -0.2) is 11.9 Å². The summed E-state index contributed by atoms with van der Waals surface area (Å²) in [6.45, 7) is 0.703. The molecule has 0 spiro atoms. The molecular weight excluding hydrogens is 266 g/mol. The Kier molecular flexibility index (Phi) is 2.67. The van der Waals surface area contributed by atoms with Crippen molar-refractivity contribution in [3.05, 3.63) is 41.9 Å². The highest BCUT2D eigenvalue weighted by Crippen LogP contribution is 2.40. The molecule has 5 nitrogen and oxygen atoms in total. The molecule has 0 saturated heterocycles. The van der Waals surface area contributed by atoms with E-state index in [-0.39, 0.29) is 5.91 Å². The molecule has 21 heavy (non-hydrogen) atoms. The molecule has 0 atom stereocenters. The Morgan fingerprint density at radius 3 is 2.95 bits per heavy atom. The number of nitrogens with one attached hydrogen (secondary N) is 1. The number of hydrogen-bond acceptors (Lipinski definition) is 4. The van der Waals surface area contributed by atoms with Crippen LogP contribution < -0.4 is 16.0 Å². The van der Waals surface area contributed by atoms with Crippen LogP contribution >= 0.6 is 0 Å². The predicted molar refractivity (Wildman–Crippen MR) is 81.1 cm³/mol. The molecule has 108 valence electrons. The first-order valence-electron chi connectivity index (χ1n) is 7.22. The monoisotopic (exact) mass is 283 g/mol. The molecule has 0 bridgehead atoms. The molecule has 1 aliphatic carbocycles. The van der Waals surface area contributed by atoms with Gasteiger partial charge in [0, 0.05) is 11.7 Å². The van der Waals surface area contributed by atoms with Crippen molar-refractivity contribution in [2.24, 2.45) is 0 Å². The molecule has 2 aromatic rings. The molecule has 1 fully saturated rings. The van der Waals surface area contributed by atoms with E-state index in [0.717, 1.165) is 28.4 Å². The van der Waals surface area contributed by atoms with Gasteiger partial charge in [0.1, 0.15) is 5.76 Å². The second-order valence-electron chi connectivity index (χ2n) is 5.73. The average molecular weight is 283 g/mol. The maximum absolute atomic E-state index is 11.5. The first-order valence-corrected chi connectivity index (χ1v) is 7.22. The van der Waals surface area contributed by atoms with Crippen LogP contribution in [0.2, 0.25) is 0 Å². The van der Waals surface area contributed by atoms with E-state index in [2.05, 4.69) is 10.2 Å². The van der Waals surface area contributed by atoms with Crippen LogP contribution in [0.4, 0.5) is 17.1 Å². The van der Waals surface area contributed by atoms with Gasteiger partial charge in [-0.1, -0.05) is 0 Å². The van der Waals surface area contributed by atoms with Crippen molar-refractivity contribution >= 4 is 23.0 Å². The maximum atomic E-state index is 11.5. The standard InChI is InChI=1S/C16H17N3O2/c17-13-6-10-7-16(20)18-14(10)8-15(13)19(11-3-4-11)9-12-2-1-5-21-12/h1-2,5-6,8,11H,3-4,7,9,17H2,(H,18,20). The van der Waals surface area contributed by atoms with Crippen LogP contribution in [0.5, 0.6) is 0 Å². The fourth-order valence-corrected chi connectivity index (χ4v) is 2.90. The van der Waals surface area contributed by atoms with Crippen LogP contribution in [0.25, 0.3) is 0 Å². The third kappa shape index (κ3) is 2.24. The van der Waals surface area contributed by atoms with Gasteiger partial charge in [-0.25, -0.2) is 0 Å². The van der Waals surface area contributed by atoms with Gasteiger partial charge in [-0.15, -0.1) is 0 Å². The minimum Gasteiger partial charge on any atom is -0.467 e. The molecule has 0 unspecified atom stereocenters. The van der Waals surface area contributed by atoms with E-state index in [4.69, 9.17) is 10.2 Å². The van der Waals surface area contributed by atoms with E-state index in [1.54, 1.807) is 6.26 Å². The van der Waals surface area contributed by atoms with Crippen molar-refractivity contribution in [2.45, 2.75) is 31.8 Å².